The van der Waals surface area contributed by atoms with Gasteiger partial charge in [-0.1, -0.05) is 6.07 Å². The van der Waals surface area contributed by atoms with E-state index in [1.807, 2.05) is 6.07 Å². The SMILES string of the molecule is N#Cc1cc(COc2cccc(F)c2C#N)ccn1. The number of ether oxygens (including phenoxy) is 1. The molecule has 2 rings (SSSR count). The number of nitrogens with zero attached hydrogens (tertiary/aromatic N) is 3. The molecule has 0 aliphatic carbocycles. The molecule has 0 unspecified atom stereocenters. The van der Waals surface area contributed by atoms with Gasteiger partial charge in [0.15, 0.2) is 0 Å². The van der Waals surface area contributed by atoms with Crippen LogP contribution in [-0.2, 0) is 6.61 Å². The number of pyridine rings is 1. The molecule has 0 fully saturated rings. The molecule has 4 nitrogen and oxygen atoms in total. The molecule has 0 aliphatic rings. The van der Waals surface area contributed by atoms with Gasteiger partial charge in [-0.3, -0.25) is 0 Å². The van der Waals surface area contributed by atoms with Crippen LogP contribution in [0.25, 0.3) is 0 Å². The summed E-state index contributed by atoms with van der Waals surface area (Å²) < 4.78 is 18.7. The normalized spacial score (nSPS) is 9.42. The molecule has 0 aliphatic heterocycles. The maximum Gasteiger partial charge on any atom is 0.144 e. The lowest BCUT2D eigenvalue weighted by Crippen LogP contribution is -1.99. The van der Waals surface area contributed by atoms with Crippen molar-refractivity contribution in [2.24, 2.45) is 0 Å². The Kier molecular flexibility index (Phi) is 3.70. The molecule has 0 radical (unpaired) electrons. The molecule has 92 valence electrons. The van der Waals surface area contributed by atoms with Crippen LogP contribution in [0.3, 0.4) is 0 Å². The second kappa shape index (κ2) is 5.61. The van der Waals surface area contributed by atoms with Gasteiger partial charge in [-0.05, 0) is 29.8 Å². The fourth-order valence-electron chi connectivity index (χ4n) is 1.52. The molecular formula is C14H8FN3O. The summed E-state index contributed by atoms with van der Waals surface area (Å²) in [5.41, 5.74) is 0.873. The summed E-state index contributed by atoms with van der Waals surface area (Å²) in [6.45, 7) is 0.134. The Bertz CT molecular complexity index is 686. The van der Waals surface area contributed by atoms with E-state index in [2.05, 4.69) is 4.98 Å². The van der Waals surface area contributed by atoms with E-state index in [0.29, 0.717) is 0 Å². The summed E-state index contributed by atoms with van der Waals surface area (Å²) in [5, 5.41) is 17.6. The first-order valence-corrected chi connectivity index (χ1v) is 5.41. The van der Waals surface area contributed by atoms with E-state index in [9.17, 15) is 4.39 Å². The second-order valence-electron chi connectivity index (χ2n) is 3.67. The highest BCUT2D eigenvalue weighted by atomic mass is 19.1. The van der Waals surface area contributed by atoms with E-state index in [-0.39, 0.29) is 23.6 Å². The van der Waals surface area contributed by atoms with Crippen molar-refractivity contribution >= 4 is 0 Å². The van der Waals surface area contributed by atoms with Crippen molar-refractivity contribution in [3.05, 3.63) is 59.2 Å². The number of benzene rings is 1. The van der Waals surface area contributed by atoms with Crippen molar-refractivity contribution in [3.8, 4) is 17.9 Å². The molecule has 0 saturated carbocycles. The number of hydrogen-bond donors (Lipinski definition) is 0. The lowest BCUT2D eigenvalue weighted by molar-refractivity contribution is 0.303. The standard InChI is InChI=1S/C14H8FN3O/c15-13-2-1-3-14(12(13)8-17)19-9-10-4-5-18-11(6-10)7-16/h1-6H,9H2. The Morgan fingerprint density at radius 3 is 2.79 bits per heavy atom. The molecule has 0 saturated heterocycles. The molecule has 0 N–H and O–H groups in total. The Morgan fingerprint density at radius 2 is 2.05 bits per heavy atom. The molecule has 0 atom stereocenters. The van der Waals surface area contributed by atoms with Crippen molar-refractivity contribution in [2.75, 3.05) is 0 Å². The fraction of sp³-hybridized carbons (Fsp3) is 0.0714. The number of halogens is 1. The van der Waals surface area contributed by atoms with E-state index < -0.39 is 5.82 Å². The van der Waals surface area contributed by atoms with Gasteiger partial charge in [0, 0.05) is 6.20 Å². The second-order valence-corrected chi connectivity index (χ2v) is 3.67. The molecule has 2 aromatic rings. The maximum absolute atomic E-state index is 13.3. The first-order chi connectivity index (χ1) is 9.24. The molecule has 1 heterocycles. The van der Waals surface area contributed by atoms with Gasteiger partial charge in [-0.2, -0.15) is 10.5 Å². The van der Waals surface area contributed by atoms with Crippen LogP contribution in [0, 0.1) is 28.5 Å². The van der Waals surface area contributed by atoms with E-state index in [1.54, 1.807) is 18.2 Å². The van der Waals surface area contributed by atoms with Crippen molar-refractivity contribution in [1.29, 1.82) is 10.5 Å². The van der Waals surface area contributed by atoms with Crippen LogP contribution in [-0.4, -0.2) is 4.98 Å². The summed E-state index contributed by atoms with van der Waals surface area (Å²) in [6, 6.07) is 11.1. The minimum atomic E-state index is -0.618. The molecule has 0 spiro atoms. The van der Waals surface area contributed by atoms with E-state index in [1.165, 1.54) is 24.4 Å². The summed E-state index contributed by atoms with van der Waals surface area (Å²) in [5.74, 6) is -0.440. The molecule has 0 bridgehead atoms. The van der Waals surface area contributed by atoms with Crippen LogP contribution in [0.1, 0.15) is 16.8 Å². The maximum atomic E-state index is 13.3. The quantitative estimate of drug-likeness (QED) is 0.842. The van der Waals surface area contributed by atoms with Gasteiger partial charge in [-0.25, -0.2) is 9.37 Å². The topological polar surface area (TPSA) is 69.7 Å². The first-order valence-electron chi connectivity index (χ1n) is 5.41. The van der Waals surface area contributed by atoms with Crippen molar-refractivity contribution in [1.82, 2.24) is 4.98 Å². The predicted molar refractivity (Wildman–Crippen MR) is 64.4 cm³/mol. The van der Waals surface area contributed by atoms with E-state index >= 15 is 0 Å². The minimum Gasteiger partial charge on any atom is -0.487 e. The molecule has 0 amide bonds. The van der Waals surface area contributed by atoms with Gasteiger partial charge in [0.25, 0.3) is 0 Å². The lowest BCUT2D eigenvalue weighted by atomic mass is 10.2. The summed E-state index contributed by atoms with van der Waals surface area (Å²) >= 11 is 0. The van der Waals surface area contributed by atoms with Gasteiger partial charge in [0.2, 0.25) is 0 Å². The minimum absolute atomic E-state index is 0.128. The van der Waals surface area contributed by atoms with Crippen molar-refractivity contribution in [3.63, 3.8) is 0 Å². The molecule has 19 heavy (non-hydrogen) atoms. The third-order valence-electron chi connectivity index (χ3n) is 2.42. The van der Waals surface area contributed by atoms with Gasteiger partial charge in [0.1, 0.15) is 41.6 Å². The average molecular weight is 253 g/mol. The summed E-state index contributed by atoms with van der Waals surface area (Å²) in [4.78, 5) is 3.83. The molecule has 5 heteroatoms. The monoisotopic (exact) mass is 253 g/mol. The highest BCUT2D eigenvalue weighted by molar-refractivity contribution is 5.43. The summed E-state index contributed by atoms with van der Waals surface area (Å²) in [7, 11) is 0. The number of rotatable bonds is 3. The van der Waals surface area contributed by atoms with Crippen LogP contribution >= 0.6 is 0 Å². The van der Waals surface area contributed by atoms with Gasteiger partial charge < -0.3 is 4.74 Å². The van der Waals surface area contributed by atoms with Crippen LogP contribution < -0.4 is 4.74 Å². The number of nitriles is 2. The third-order valence-corrected chi connectivity index (χ3v) is 2.42. The van der Waals surface area contributed by atoms with Gasteiger partial charge in [-0.15, -0.1) is 0 Å². The van der Waals surface area contributed by atoms with Crippen LogP contribution in [0.4, 0.5) is 4.39 Å². The Labute approximate surface area is 109 Å². The van der Waals surface area contributed by atoms with Gasteiger partial charge >= 0.3 is 0 Å². The molecule has 1 aromatic heterocycles. The van der Waals surface area contributed by atoms with Crippen molar-refractivity contribution in [2.45, 2.75) is 6.61 Å². The smallest absolute Gasteiger partial charge is 0.144 e. The zero-order valence-electron chi connectivity index (χ0n) is 9.80. The Hall–Kier alpha value is -2.92. The van der Waals surface area contributed by atoms with Crippen LogP contribution in [0.2, 0.25) is 0 Å². The Morgan fingerprint density at radius 1 is 1.21 bits per heavy atom. The Balaban J connectivity index is 2.18. The average Bonchev–Trinajstić information content (AvgIpc) is 2.45. The van der Waals surface area contributed by atoms with E-state index in [4.69, 9.17) is 15.3 Å². The largest absolute Gasteiger partial charge is 0.487 e. The third kappa shape index (κ3) is 2.85. The highest BCUT2D eigenvalue weighted by Crippen LogP contribution is 2.21. The zero-order valence-corrected chi connectivity index (χ0v) is 9.80. The van der Waals surface area contributed by atoms with Gasteiger partial charge in [0.05, 0.1) is 0 Å². The lowest BCUT2D eigenvalue weighted by Gasteiger charge is -2.08. The first kappa shape index (κ1) is 12.5. The van der Waals surface area contributed by atoms with Crippen molar-refractivity contribution < 1.29 is 9.13 Å². The summed E-state index contributed by atoms with van der Waals surface area (Å²) in [6.07, 6.45) is 1.49. The predicted octanol–water partition coefficient (Wildman–Crippen LogP) is 2.54. The molecular weight excluding hydrogens is 245 g/mol. The zero-order chi connectivity index (χ0) is 13.7. The van der Waals surface area contributed by atoms with Crippen LogP contribution in [0.5, 0.6) is 5.75 Å². The van der Waals surface area contributed by atoms with Crippen LogP contribution in [0.15, 0.2) is 36.5 Å². The van der Waals surface area contributed by atoms with E-state index in [0.717, 1.165) is 5.56 Å². The molecule has 1 aromatic carbocycles. The number of aromatic nitrogens is 1. The fourth-order valence-corrected chi connectivity index (χ4v) is 1.52. The number of hydrogen-bond acceptors (Lipinski definition) is 4. The highest BCUT2D eigenvalue weighted by Gasteiger charge is 2.09.